The minimum atomic E-state index is -3.91. The van der Waals surface area contributed by atoms with Gasteiger partial charge in [0, 0.05) is 32.0 Å². The van der Waals surface area contributed by atoms with Gasteiger partial charge in [0.15, 0.2) is 11.3 Å². The van der Waals surface area contributed by atoms with Crippen molar-refractivity contribution in [2.75, 3.05) is 19.4 Å². The zero-order valence-electron chi connectivity index (χ0n) is 21.0. The molecule has 32 heavy (non-hydrogen) atoms. The number of aliphatic hydroxyl groups is 1. The summed E-state index contributed by atoms with van der Waals surface area (Å²) in [5, 5.41) is 16.9. The van der Waals surface area contributed by atoms with E-state index in [9.17, 15) is 18.0 Å². The first-order valence-electron chi connectivity index (χ1n) is 11.4. The summed E-state index contributed by atoms with van der Waals surface area (Å²) in [5.41, 5.74) is 0.184. The van der Waals surface area contributed by atoms with Crippen LogP contribution in [0, 0.1) is 0 Å². The fraction of sp³-hybridized carbons (Fsp3) is 0.368. The van der Waals surface area contributed by atoms with Gasteiger partial charge in [-0.3, -0.25) is 13.0 Å². The van der Waals surface area contributed by atoms with E-state index in [-0.39, 0.29) is 31.6 Å². The van der Waals surface area contributed by atoms with Gasteiger partial charge in [0.2, 0.25) is 0 Å². The summed E-state index contributed by atoms with van der Waals surface area (Å²) in [5.74, 6) is 0. The lowest BCUT2D eigenvalue weighted by Crippen LogP contribution is -2.22. The Morgan fingerprint density at radius 3 is 1.88 bits per heavy atom. The molecule has 13 heteroatoms. The SMILES string of the molecule is [2H]C([2H])(CCn1nc2ccccn2c1=O)OS(C)(=O)=O.[2H]C([2H])(O)CCn1nc2ccccn2c1=O. The molecule has 0 bridgehead atoms. The molecule has 0 aliphatic rings. The number of hydrogen-bond donors (Lipinski definition) is 1. The fourth-order valence-corrected chi connectivity index (χ4v) is 2.98. The summed E-state index contributed by atoms with van der Waals surface area (Å²) >= 11 is 0. The van der Waals surface area contributed by atoms with Crippen LogP contribution in [0.15, 0.2) is 58.4 Å². The second-order valence-corrected chi connectivity index (χ2v) is 8.03. The number of fused-ring (bicyclic) bond motifs is 2. The summed E-state index contributed by atoms with van der Waals surface area (Å²) in [4.78, 5) is 23.6. The van der Waals surface area contributed by atoms with Crippen molar-refractivity contribution in [3.05, 3.63) is 69.8 Å². The number of hydrogen-bond acceptors (Lipinski definition) is 8. The minimum absolute atomic E-state index is 0.0456. The van der Waals surface area contributed by atoms with Crippen molar-refractivity contribution >= 4 is 21.4 Å². The Hall–Kier alpha value is -3.29. The van der Waals surface area contributed by atoms with Gasteiger partial charge in [-0.1, -0.05) is 12.1 Å². The topological polar surface area (TPSA) is 142 Å². The maximum Gasteiger partial charge on any atom is 0.350 e. The van der Waals surface area contributed by atoms with E-state index in [1.54, 1.807) is 48.8 Å². The van der Waals surface area contributed by atoms with Crippen LogP contribution < -0.4 is 11.4 Å². The van der Waals surface area contributed by atoms with E-state index in [2.05, 4.69) is 14.4 Å². The second-order valence-electron chi connectivity index (χ2n) is 6.46. The number of nitrogens with zero attached hydrogens (tertiary/aromatic N) is 6. The molecule has 0 aliphatic carbocycles. The third-order valence-corrected chi connectivity index (χ3v) is 4.47. The van der Waals surface area contributed by atoms with Gasteiger partial charge in [0.25, 0.3) is 10.1 Å². The highest BCUT2D eigenvalue weighted by Gasteiger charge is 2.07. The molecule has 0 spiro atoms. The standard InChI is InChI=1S/C10H13N3O4S.C9H11N3O2/c1-18(15,16)17-8-4-7-13-10(14)12-6-3-2-5-9(12)11-13;13-7-3-6-12-9(14)11-5-2-1-4-8(11)10-12/h2-3,5-6H,4,7-8H2,1H3;1-2,4-5,13H,3,6-7H2/i8D2;7D2. The Kier molecular flexibility index (Phi) is 5.92. The van der Waals surface area contributed by atoms with Crippen molar-refractivity contribution in [3.63, 3.8) is 0 Å². The lowest BCUT2D eigenvalue weighted by molar-refractivity contribution is 0.276. The van der Waals surface area contributed by atoms with Gasteiger partial charge in [-0.25, -0.2) is 19.0 Å². The first-order chi connectivity index (χ1) is 16.7. The van der Waals surface area contributed by atoms with Gasteiger partial charge in [-0.05, 0) is 37.1 Å². The normalized spacial score (nSPS) is 14.3. The molecular formula is C19H24N6O6S. The highest BCUT2D eigenvalue weighted by atomic mass is 32.2. The Morgan fingerprint density at radius 2 is 1.44 bits per heavy atom. The Morgan fingerprint density at radius 1 is 0.938 bits per heavy atom. The third-order valence-electron chi connectivity index (χ3n) is 4.05. The molecule has 1 N–H and O–H groups in total. The third kappa shape index (κ3) is 5.90. The van der Waals surface area contributed by atoms with Crippen molar-refractivity contribution in [2.45, 2.75) is 25.9 Å². The van der Waals surface area contributed by atoms with Crippen LogP contribution in [0.25, 0.3) is 11.3 Å². The van der Waals surface area contributed by atoms with Gasteiger partial charge >= 0.3 is 11.4 Å². The molecule has 172 valence electrons. The number of pyridine rings is 2. The molecule has 12 nitrogen and oxygen atoms in total. The Labute approximate surface area is 188 Å². The largest absolute Gasteiger partial charge is 0.396 e. The minimum Gasteiger partial charge on any atom is -0.396 e. The first kappa shape index (κ1) is 18.3. The second kappa shape index (κ2) is 10.3. The summed E-state index contributed by atoms with van der Waals surface area (Å²) in [6.07, 6.45) is 3.42. The molecule has 4 heterocycles. The maximum absolute atomic E-state index is 11.9. The van der Waals surface area contributed by atoms with Crippen molar-refractivity contribution in [2.24, 2.45) is 0 Å². The summed E-state index contributed by atoms with van der Waals surface area (Å²) in [6, 6.07) is 10.2. The van der Waals surface area contributed by atoms with Gasteiger partial charge in [-0.15, -0.1) is 10.2 Å². The lowest BCUT2D eigenvalue weighted by atomic mass is 10.5. The lowest BCUT2D eigenvalue weighted by Gasteiger charge is -2.00. The Balaban J connectivity index is 0.000000205. The molecule has 4 aromatic rings. The molecule has 0 aliphatic heterocycles. The number of aryl methyl sites for hydroxylation is 2. The zero-order chi connectivity index (χ0) is 26.7. The molecule has 0 fully saturated rings. The van der Waals surface area contributed by atoms with E-state index < -0.39 is 28.9 Å². The van der Waals surface area contributed by atoms with E-state index in [0.29, 0.717) is 11.3 Å². The highest BCUT2D eigenvalue weighted by molar-refractivity contribution is 7.85. The van der Waals surface area contributed by atoms with Gasteiger partial charge < -0.3 is 5.11 Å². The highest BCUT2D eigenvalue weighted by Crippen LogP contribution is 1.97. The predicted molar refractivity (Wildman–Crippen MR) is 116 cm³/mol. The van der Waals surface area contributed by atoms with Crippen molar-refractivity contribution in [3.8, 4) is 0 Å². The molecular weight excluding hydrogens is 440 g/mol. The van der Waals surface area contributed by atoms with Crippen LogP contribution in [0.2, 0.25) is 0 Å². The van der Waals surface area contributed by atoms with Gasteiger partial charge in [-0.2, -0.15) is 8.42 Å². The van der Waals surface area contributed by atoms with Crippen LogP contribution in [-0.2, 0) is 27.4 Å². The zero-order valence-corrected chi connectivity index (χ0v) is 17.8. The van der Waals surface area contributed by atoms with E-state index in [1.165, 1.54) is 8.80 Å². The van der Waals surface area contributed by atoms with Crippen LogP contribution in [-0.4, -0.2) is 61.3 Å². The first-order valence-corrected chi connectivity index (χ1v) is 11.2. The molecule has 0 atom stereocenters. The molecule has 0 amide bonds. The van der Waals surface area contributed by atoms with Crippen LogP contribution >= 0.6 is 0 Å². The summed E-state index contributed by atoms with van der Waals surface area (Å²) in [7, 11) is -3.91. The van der Waals surface area contributed by atoms with Crippen LogP contribution in [0.1, 0.15) is 18.3 Å². The monoisotopic (exact) mass is 468 g/mol. The van der Waals surface area contributed by atoms with Gasteiger partial charge in [0.1, 0.15) is 0 Å². The molecule has 4 rings (SSSR count). The van der Waals surface area contributed by atoms with E-state index in [4.69, 9.17) is 10.6 Å². The van der Waals surface area contributed by atoms with E-state index in [0.717, 1.165) is 15.6 Å². The quantitative estimate of drug-likeness (QED) is 0.349. The maximum atomic E-state index is 11.9. The average molecular weight is 469 g/mol. The average Bonchev–Trinajstić information content (AvgIpc) is 3.26. The summed E-state index contributed by atoms with van der Waals surface area (Å²) in [6.45, 7) is -4.72. The smallest absolute Gasteiger partial charge is 0.350 e. The molecule has 0 radical (unpaired) electrons. The Bertz CT molecular complexity index is 1570. The number of aromatic nitrogens is 6. The van der Waals surface area contributed by atoms with Crippen molar-refractivity contribution < 1.29 is 23.2 Å². The van der Waals surface area contributed by atoms with Crippen LogP contribution in [0.5, 0.6) is 0 Å². The molecule has 0 saturated carbocycles. The molecule has 0 saturated heterocycles. The van der Waals surface area contributed by atoms with Gasteiger partial charge in [0.05, 0.1) is 18.3 Å². The van der Waals surface area contributed by atoms with Crippen LogP contribution in [0.3, 0.4) is 0 Å². The number of rotatable bonds is 8. The summed E-state index contributed by atoms with van der Waals surface area (Å²) < 4.78 is 59.9. The van der Waals surface area contributed by atoms with Crippen molar-refractivity contribution in [1.29, 1.82) is 0 Å². The molecule has 0 unspecified atom stereocenters. The van der Waals surface area contributed by atoms with Crippen LogP contribution in [0.4, 0.5) is 0 Å². The van der Waals surface area contributed by atoms with E-state index >= 15 is 0 Å². The molecule has 0 aromatic carbocycles. The fourth-order valence-electron chi connectivity index (χ4n) is 2.68. The van der Waals surface area contributed by atoms with Crippen molar-refractivity contribution in [1.82, 2.24) is 28.4 Å². The predicted octanol–water partition coefficient (Wildman–Crippen LogP) is -0.259. The molecule has 4 aromatic heterocycles. The van der Waals surface area contributed by atoms with E-state index in [1.807, 2.05) is 0 Å².